The van der Waals surface area contributed by atoms with Gasteiger partial charge in [-0.3, -0.25) is 14.4 Å². The van der Waals surface area contributed by atoms with E-state index in [2.05, 4.69) is 10.1 Å². The lowest BCUT2D eigenvalue weighted by Crippen LogP contribution is -2.60. The third-order valence-corrected chi connectivity index (χ3v) is 5.69. The Morgan fingerprint density at radius 3 is 2.78 bits per heavy atom. The first-order chi connectivity index (χ1) is 15.4. The number of carbonyl (C=O) groups is 2. The van der Waals surface area contributed by atoms with Crippen molar-refractivity contribution < 1.29 is 14.3 Å². The Labute approximate surface area is 190 Å². The van der Waals surface area contributed by atoms with E-state index in [1.165, 1.54) is 4.90 Å². The molecule has 10 heteroatoms. The monoisotopic (exact) mass is 456 g/mol. The van der Waals surface area contributed by atoms with E-state index < -0.39 is 12.3 Å². The zero-order chi connectivity index (χ0) is 22.8. The number of nitrogens with two attached hydrogens (primary N) is 1. The summed E-state index contributed by atoms with van der Waals surface area (Å²) in [7, 11) is 1.83. The molecule has 0 unspecified atom stereocenters. The summed E-state index contributed by atoms with van der Waals surface area (Å²) in [6.07, 6.45) is 3.24. The zero-order valence-corrected chi connectivity index (χ0v) is 18.7. The van der Waals surface area contributed by atoms with Crippen LogP contribution in [-0.4, -0.2) is 69.0 Å². The number of nitrogens with zero attached hydrogens (tertiary/aromatic N) is 5. The second-order valence-electron chi connectivity index (χ2n) is 7.75. The van der Waals surface area contributed by atoms with Gasteiger partial charge in [0.05, 0.1) is 35.6 Å². The molecule has 3 aromatic rings. The standard InChI is InChI=1S/C22H25ClN6O3/c1-3-8-32-22(31)29-7-6-28(13-20(29)24)21(30)14-4-5-16-17(23)10-18(26-19(16)9-14)15-11-25-27(2)12-15/h4-5,9-12,20H,3,6-8,13,24H2,1-2H3/t20-/m0/s1. The molecule has 1 aliphatic rings. The first kappa shape index (κ1) is 22.0. The molecular weight excluding hydrogens is 432 g/mol. The van der Waals surface area contributed by atoms with E-state index in [9.17, 15) is 9.59 Å². The van der Waals surface area contributed by atoms with Gasteiger partial charge >= 0.3 is 6.09 Å². The number of hydrogen-bond acceptors (Lipinski definition) is 6. The van der Waals surface area contributed by atoms with Crippen molar-refractivity contribution in [2.24, 2.45) is 12.8 Å². The molecule has 32 heavy (non-hydrogen) atoms. The average Bonchev–Trinajstić information content (AvgIpc) is 3.22. The van der Waals surface area contributed by atoms with Gasteiger partial charge in [0.25, 0.3) is 5.91 Å². The minimum absolute atomic E-state index is 0.173. The number of carbonyl (C=O) groups excluding carboxylic acids is 2. The van der Waals surface area contributed by atoms with Crippen molar-refractivity contribution in [1.29, 1.82) is 0 Å². The van der Waals surface area contributed by atoms with Crippen LogP contribution in [0.4, 0.5) is 4.79 Å². The van der Waals surface area contributed by atoms with Crippen LogP contribution in [0.25, 0.3) is 22.2 Å². The van der Waals surface area contributed by atoms with Crippen molar-refractivity contribution in [3.8, 4) is 11.3 Å². The Kier molecular flexibility index (Phi) is 6.29. The summed E-state index contributed by atoms with van der Waals surface area (Å²) in [5, 5.41) is 5.49. The fourth-order valence-electron chi connectivity index (χ4n) is 3.70. The summed E-state index contributed by atoms with van der Waals surface area (Å²) < 4.78 is 6.86. The second kappa shape index (κ2) is 9.13. The number of ether oxygens (including phenoxy) is 1. The number of aromatic nitrogens is 3. The number of hydrogen-bond donors (Lipinski definition) is 1. The van der Waals surface area contributed by atoms with E-state index in [1.807, 2.05) is 20.2 Å². The molecule has 2 N–H and O–H groups in total. The molecule has 0 saturated carbocycles. The Balaban J connectivity index is 1.54. The lowest BCUT2D eigenvalue weighted by Gasteiger charge is -2.38. The fraction of sp³-hybridized carbons (Fsp3) is 0.364. The Bertz CT molecular complexity index is 1160. The van der Waals surface area contributed by atoms with Crippen LogP contribution < -0.4 is 5.73 Å². The molecule has 0 radical (unpaired) electrons. The highest BCUT2D eigenvalue weighted by atomic mass is 35.5. The number of piperazine rings is 1. The Morgan fingerprint density at radius 1 is 1.28 bits per heavy atom. The van der Waals surface area contributed by atoms with Crippen LogP contribution in [0, 0.1) is 0 Å². The van der Waals surface area contributed by atoms with Crippen LogP contribution in [0.15, 0.2) is 36.7 Å². The van der Waals surface area contributed by atoms with Crippen molar-refractivity contribution in [1.82, 2.24) is 24.6 Å². The lowest BCUT2D eigenvalue weighted by molar-refractivity contribution is 0.0390. The fourth-order valence-corrected chi connectivity index (χ4v) is 3.96. The summed E-state index contributed by atoms with van der Waals surface area (Å²) in [6.45, 7) is 3.18. The van der Waals surface area contributed by atoms with E-state index in [-0.39, 0.29) is 12.5 Å². The molecule has 1 fully saturated rings. The molecule has 1 saturated heterocycles. The number of fused-ring (bicyclic) bond motifs is 1. The first-order valence-electron chi connectivity index (χ1n) is 10.4. The molecule has 4 rings (SSSR count). The molecule has 0 bridgehead atoms. The SMILES string of the molecule is CCCOC(=O)N1CCN(C(=O)c2ccc3c(Cl)cc(-c4cnn(C)c4)nc3c2)C[C@H]1N. The maximum atomic E-state index is 13.1. The highest BCUT2D eigenvalue weighted by Gasteiger charge is 2.31. The number of aryl methyl sites for hydroxylation is 1. The molecule has 3 heterocycles. The van der Waals surface area contributed by atoms with Gasteiger partial charge in [-0.05, 0) is 24.6 Å². The van der Waals surface area contributed by atoms with Gasteiger partial charge in [-0.1, -0.05) is 24.6 Å². The lowest BCUT2D eigenvalue weighted by atomic mass is 10.1. The van der Waals surface area contributed by atoms with Gasteiger partial charge in [0.2, 0.25) is 0 Å². The molecule has 2 aromatic heterocycles. The quantitative estimate of drug-likeness (QED) is 0.647. The topological polar surface area (TPSA) is 107 Å². The molecule has 0 spiro atoms. The van der Waals surface area contributed by atoms with Crippen LogP contribution in [0.2, 0.25) is 5.02 Å². The average molecular weight is 457 g/mol. The van der Waals surface area contributed by atoms with Crippen LogP contribution in [0.5, 0.6) is 0 Å². The van der Waals surface area contributed by atoms with Crippen molar-refractivity contribution in [2.45, 2.75) is 19.5 Å². The number of halogens is 1. The van der Waals surface area contributed by atoms with Gasteiger partial charge in [-0.15, -0.1) is 0 Å². The number of amides is 2. The number of benzene rings is 1. The minimum atomic E-state index is -0.623. The molecule has 1 atom stereocenters. The largest absolute Gasteiger partial charge is 0.449 e. The summed E-state index contributed by atoms with van der Waals surface area (Å²) >= 11 is 6.47. The third kappa shape index (κ3) is 4.39. The van der Waals surface area contributed by atoms with Gasteiger partial charge in [-0.2, -0.15) is 5.10 Å². The van der Waals surface area contributed by atoms with E-state index >= 15 is 0 Å². The van der Waals surface area contributed by atoms with Crippen LogP contribution in [-0.2, 0) is 11.8 Å². The van der Waals surface area contributed by atoms with Crippen molar-refractivity contribution in [2.75, 3.05) is 26.2 Å². The van der Waals surface area contributed by atoms with Gasteiger partial charge in [0.1, 0.15) is 6.17 Å². The van der Waals surface area contributed by atoms with Crippen molar-refractivity contribution in [3.05, 3.63) is 47.2 Å². The highest BCUT2D eigenvalue weighted by Crippen LogP contribution is 2.29. The predicted octanol–water partition coefficient (Wildman–Crippen LogP) is 2.88. The minimum Gasteiger partial charge on any atom is -0.449 e. The van der Waals surface area contributed by atoms with E-state index in [4.69, 9.17) is 22.1 Å². The predicted molar refractivity (Wildman–Crippen MR) is 121 cm³/mol. The van der Waals surface area contributed by atoms with Gasteiger partial charge in [-0.25, -0.2) is 9.78 Å². The second-order valence-corrected chi connectivity index (χ2v) is 8.16. The molecule has 9 nitrogen and oxygen atoms in total. The first-order valence-corrected chi connectivity index (χ1v) is 10.8. The number of rotatable bonds is 4. The van der Waals surface area contributed by atoms with Crippen molar-refractivity contribution >= 4 is 34.5 Å². The molecule has 1 aromatic carbocycles. The summed E-state index contributed by atoms with van der Waals surface area (Å²) in [6, 6.07) is 7.05. The smallest absolute Gasteiger partial charge is 0.411 e. The van der Waals surface area contributed by atoms with E-state index in [1.54, 1.807) is 40.0 Å². The van der Waals surface area contributed by atoms with Crippen LogP contribution in [0.1, 0.15) is 23.7 Å². The van der Waals surface area contributed by atoms with Gasteiger partial charge in [0, 0.05) is 42.8 Å². The molecule has 168 valence electrons. The highest BCUT2D eigenvalue weighted by molar-refractivity contribution is 6.35. The normalized spacial score (nSPS) is 16.4. The zero-order valence-electron chi connectivity index (χ0n) is 18.0. The maximum absolute atomic E-state index is 13.1. The van der Waals surface area contributed by atoms with E-state index in [0.29, 0.717) is 41.5 Å². The summed E-state index contributed by atoms with van der Waals surface area (Å²) in [5.74, 6) is -0.173. The van der Waals surface area contributed by atoms with Gasteiger partial charge in [0.15, 0.2) is 0 Å². The molecular formula is C22H25ClN6O3. The molecule has 1 aliphatic heterocycles. The van der Waals surface area contributed by atoms with Crippen molar-refractivity contribution in [3.63, 3.8) is 0 Å². The third-order valence-electron chi connectivity index (χ3n) is 5.38. The Morgan fingerprint density at radius 2 is 2.09 bits per heavy atom. The summed E-state index contributed by atoms with van der Waals surface area (Å²) in [5.41, 5.74) is 8.77. The maximum Gasteiger partial charge on any atom is 0.411 e. The van der Waals surface area contributed by atoms with Crippen LogP contribution in [0.3, 0.4) is 0 Å². The van der Waals surface area contributed by atoms with E-state index in [0.717, 1.165) is 17.4 Å². The number of pyridine rings is 1. The molecule has 2 amide bonds. The Hall–Kier alpha value is -3.17. The summed E-state index contributed by atoms with van der Waals surface area (Å²) in [4.78, 5) is 33.1. The molecule has 0 aliphatic carbocycles. The van der Waals surface area contributed by atoms with Crippen LogP contribution >= 0.6 is 11.6 Å². The van der Waals surface area contributed by atoms with Gasteiger partial charge < -0.3 is 15.4 Å².